The zero-order chi connectivity index (χ0) is 20.4. The Bertz CT molecular complexity index is 660. The summed E-state index contributed by atoms with van der Waals surface area (Å²) in [5, 5.41) is 29.4. The molecule has 0 aromatic heterocycles. The molecule has 0 saturated carbocycles. The van der Waals surface area contributed by atoms with E-state index in [1.807, 2.05) is 30.3 Å². The molecule has 0 saturated heterocycles. The van der Waals surface area contributed by atoms with Crippen LogP contribution in [0.5, 0.6) is 0 Å². The average molecular weight is 387 g/mol. The van der Waals surface area contributed by atoms with Gasteiger partial charge in [-0.15, -0.1) is 0 Å². The van der Waals surface area contributed by atoms with Crippen LogP contribution in [0, 0.1) is 0 Å². The third-order valence-corrected chi connectivity index (χ3v) is 5.45. The molecule has 0 spiro atoms. The minimum Gasteiger partial charge on any atom is -0.481 e. The number of aliphatic hydroxyl groups excluding tert-OH is 2. The Balaban J connectivity index is 1.91. The van der Waals surface area contributed by atoms with Gasteiger partial charge in [-0.1, -0.05) is 74.3 Å². The number of hydrogen-bond acceptors (Lipinski definition) is 3. The topological polar surface area (TPSA) is 77.8 Å². The lowest BCUT2D eigenvalue weighted by Gasteiger charge is -2.20. The van der Waals surface area contributed by atoms with Crippen LogP contribution >= 0.6 is 0 Å². The second-order valence-electron chi connectivity index (χ2n) is 7.70. The molecule has 1 aliphatic carbocycles. The van der Waals surface area contributed by atoms with Gasteiger partial charge in [0.25, 0.3) is 0 Å². The number of carbonyl (C=O) groups is 1. The second-order valence-corrected chi connectivity index (χ2v) is 7.70. The predicted octanol–water partition coefficient (Wildman–Crippen LogP) is 5.28. The number of aliphatic carboxylic acids is 1. The second kappa shape index (κ2) is 11.8. The molecule has 1 aromatic carbocycles. The molecule has 1 aromatic rings. The fourth-order valence-corrected chi connectivity index (χ4v) is 3.82. The maximum atomic E-state index is 10.5. The Morgan fingerprint density at radius 3 is 2.61 bits per heavy atom. The first kappa shape index (κ1) is 22.4. The fourth-order valence-electron chi connectivity index (χ4n) is 3.82. The molecular formula is C24H34O4. The molecule has 0 fully saturated rings. The zero-order valence-corrected chi connectivity index (χ0v) is 16.9. The highest BCUT2D eigenvalue weighted by Crippen LogP contribution is 2.38. The summed E-state index contributed by atoms with van der Waals surface area (Å²) in [6.07, 6.45) is 12.6. The van der Waals surface area contributed by atoms with Crippen LogP contribution in [0.2, 0.25) is 0 Å². The summed E-state index contributed by atoms with van der Waals surface area (Å²) in [4.78, 5) is 10.5. The van der Waals surface area contributed by atoms with Gasteiger partial charge in [-0.3, -0.25) is 4.79 Å². The first-order valence-electron chi connectivity index (χ1n) is 10.5. The van der Waals surface area contributed by atoms with Crippen molar-refractivity contribution < 1.29 is 20.1 Å². The van der Waals surface area contributed by atoms with Crippen molar-refractivity contribution >= 4 is 5.97 Å². The van der Waals surface area contributed by atoms with Crippen LogP contribution in [0.4, 0.5) is 0 Å². The monoisotopic (exact) mass is 386 g/mol. The number of allylic oxidation sites excluding steroid dienone is 2. The van der Waals surface area contributed by atoms with Crippen molar-refractivity contribution in [2.75, 3.05) is 0 Å². The standard InChI is InChI=1S/C24H34O4/c1-2-3-6-10-21(25)18-12-14-20(15-13-18)24-19(16-17-22(24)26)9-7-4-5-8-11-23(27)28/h4,7,12-16,21-22,24-26H,2-3,5-6,8-11,17H2,1H3,(H,27,28)/b7-4-/t21?,22-,24+/m1/s1. The summed E-state index contributed by atoms with van der Waals surface area (Å²) in [5.41, 5.74) is 3.23. The molecule has 2 rings (SSSR count). The molecule has 0 bridgehead atoms. The van der Waals surface area contributed by atoms with Gasteiger partial charge in [0.15, 0.2) is 0 Å². The Labute approximate surface area is 168 Å². The van der Waals surface area contributed by atoms with Crippen molar-refractivity contribution in [1.82, 2.24) is 0 Å². The molecule has 0 aliphatic heterocycles. The summed E-state index contributed by atoms with van der Waals surface area (Å²) in [7, 11) is 0. The van der Waals surface area contributed by atoms with Crippen molar-refractivity contribution in [3.63, 3.8) is 0 Å². The van der Waals surface area contributed by atoms with E-state index in [1.54, 1.807) is 0 Å². The summed E-state index contributed by atoms with van der Waals surface area (Å²) in [5.74, 6) is -0.760. The van der Waals surface area contributed by atoms with E-state index in [0.29, 0.717) is 12.8 Å². The molecule has 28 heavy (non-hydrogen) atoms. The molecule has 154 valence electrons. The average Bonchev–Trinajstić information content (AvgIpc) is 3.05. The maximum absolute atomic E-state index is 10.5. The highest BCUT2D eigenvalue weighted by molar-refractivity contribution is 5.66. The van der Waals surface area contributed by atoms with Gasteiger partial charge < -0.3 is 15.3 Å². The van der Waals surface area contributed by atoms with Crippen LogP contribution in [0.3, 0.4) is 0 Å². The molecule has 0 radical (unpaired) electrons. The molecular weight excluding hydrogens is 352 g/mol. The Morgan fingerprint density at radius 1 is 1.18 bits per heavy atom. The van der Waals surface area contributed by atoms with Crippen molar-refractivity contribution in [1.29, 1.82) is 0 Å². The molecule has 1 aliphatic rings. The van der Waals surface area contributed by atoms with Crippen LogP contribution in [-0.4, -0.2) is 27.4 Å². The molecule has 3 atom stereocenters. The highest BCUT2D eigenvalue weighted by atomic mass is 16.4. The third kappa shape index (κ3) is 6.92. The predicted molar refractivity (Wildman–Crippen MR) is 112 cm³/mol. The molecule has 3 N–H and O–H groups in total. The maximum Gasteiger partial charge on any atom is 0.303 e. The molecule has 4 nitrogen and oxygen atoms in total. The first-order valence-corrected chi connectivity index (χ1v) is 10.5. The van der Waals surface area contributed by atoms with Crippen LogP contribution in [-0.2, 0) is 4.79 Å². The zero-order valence-electron chi connectivity index (χ0n) is 16.9. The van der Waals surface area contributed by atoms with Crippen molar-refractivity contribution in [2.45, 2.75) is 82.8 Å². The van der Waals surface area contributed by atoms with Gasteiger partial charge in [-0.25, -0.2) is 0 Å². The Kier molecular flexibility index (Phi) is 9.45. The van der Waals surface area contributed by atoms with Crippen LogP contribution in [0.25, 0.3) is 0 Å². The van der Waals surface area contributed by atoms with Gasteiger partial charge in [0.1, 0.15) is 0 Å². The van der Waals surface area contributed by atoms with E-state index in [1.165, 1.54) is 5.57 Å². The van der Waals surface area contributed by atoms with Crippen LogP contribution < -0.4 is 0 Å². The van der Waals surface area contributed by atoms with E-state index in [4.69, 9.17) is 5.11 Å². The number of unbranched alkanes of at least 4 members (excludes halogenated alkanes) is 3. The normalized spacial score (nSPS) is 20.5. The minimum absolute atomic E-state index is 0.00467. The Morgan fingerprint density at radius 2 is 1.93 bits per heavy atom. The van der Waals surface area contributed by atoms with Crippen LogP contribution in [0.15, 0.2) is 48.1 Å². The molecule has 0 amide bonds. The van der Waals surface area contributed by atoms with E-state index in [2.05, 4.69) is 19.1 Å². The van der Waals surface area contributed by atoms with Crippen LogP contribution in [0.1, 0.15) is 87.9 Å². The van der Waals surface area contributed by atoms with Crippen molar-refractivity contribution in [3.8, 4) is 0 Å². The Hall–Kier alpha value is -1.91. The van der Waals surface area contributed by atoms with Gasteiger partial charge in [0.2, 0.25) is 0 Å². The van der Waals surface area contributed by atoms with E-state index in [9.17, 15) is 15.0 Å². The number of hydrogen-bond donors (Lipinski definition) is 3. The van der Waals surface area contributed by atoms with E-state index in [-0.39, 0.29) is 12.3 Å². The lowest BCUT2D eigenvalue weighted by atomic mass is 9.88. The van der Waals surface area contributed by atoms with E-state index in [0.717, 1.165) is 49.7 Å². The van der Waals surface area contributed by atoms with E-state index >= 15 is 0 Å². The lowest BCUT2D eigenvalue weighted by Crippen LogP contribution is -2.14. The summed E-state index contributed by atoms with van der Waals surface area (Å²) < 4.78 is 0. The minimum atomic E-state index is -0.756. The lowest BCUT2D eigenvalue weighted by molar-refractivity contribution is -0.137. The summed E-state index contributed by atoms with van der Waals surface area (Å²) in [6.45, 7) is 2.16. The highest BCUT2D eigenvalue weighted by Gasteiger charge is 2.28. The number of carboxylic acids is 1. The van der Waals surface area contributed by atoms with Gasteiger partial charge in [-0.05, 0) is 43.2 Å². The number of aliphatic hydroxyl groups is 2. The number of rotatable bonds is 12. The van der Waals surface area contributed by atoms with E-state index < -0.39 is 18.2 Å². The summed E-state index contributed by atoms with van der Waals surface area (Å²) >= 11 is 0. The van der Waals surface area contributed by atoms with Gasteiger partial charge in [-0.2, -0.15) is 0 Å². The van der Waals surface area contributed by atoms with Crippen molar-refractivity contribution in [2.24, 2.45) is 0 Å². The molecule has 4 heteroatoms. The fraction of sp³-hybridized carbons (Fsp3) is 0.542. The SMILES string of the molecule is CCCCCC(O)c1ccc([C@@H]2C(C/C=C\CCCC(=O)O)=CC[C@H]2O)cc1. The molecule has 1 unspecified atom stereocenters. The summed E-state index contributed by atoms with van der Waals surface area (Å²) in [6, 6.07) is 8.02. The quantitative estimate of drug-likeness (QED) is 0.337. The van der Waals surface area contributed by atoms with Gasteiger partial charge in [0.05, 0.1) is 12.2 Å². The number of benzene rings is 1. The van der Waals surface area contributed by atoms with Crippen molar-refractivity contribution in [3.05, 3.63) is 59.2 Å². The first-order chi connectivity index (χ1) is 13.5. The number of carboxylic acid groups (broad SMARTS) is 1. The largest absolute Gasteiger partial charge is 0.481 e. The molecule has 0 heterocycles. The smallest absolute Gasteiger partial charge is 0.303 e. The third-order valence-electron chi connectivity index (χ3n) is 5.45. The van der Waals surface area contributed by atoms with Gasteiger partial charge >= 0.3 is 5.97 Å². The van der Waals surface area contributed by atoms with Gasteiger partial charge in [0, 0.05) is 12.3 Å².